The van der Waals surface area contributed by atoms with Crippen molar-refractivity contribution < 1.29 is 9.59 Å². The molecule has 25 heavy (non-hydrogen) atoms. The van der Waals surface area contributed by atoms with Gasteiger partial charge in [-0.2, -0.15) is 0 Å². The molecule has 0 radical (unpaired) electrons. The SMILES string of the molecule is CC(=O)/C=C1\NC(Cc2ccn(C)c2)(Cc2cn(C)cn2)C(=O)N1C. The van der Waals surface area contributed by atoms with Crippen LogP contribution in [-0.4, -0.2) is 43.3 Å². The Balaban J connectivity index is 1.99. The van der Waals surface area contributed by atoms with E-state index in [9.17, 15) is 9.59 Å². The first-order chi connectivity index (χ1) is 11.8. The van der Waals surface area contributed by atoms with Gasteiger partial charge in [0.2, 0.25) is 0 Å². The number of hydrogen-bond acceptors (Lipinski definition) is 4. The van der Waals surface area contributed by atoms with E-state index in [1.54, 1.807) is 13.4 Å². The molecule has 7 nitrogen and oxygen atoms in total. The number of ketones is 1. The van der Waals surface area contributed by atoms with Gasteiger partial charge in [0, 0.05) is 58.7 Å². The van der Waals surface area contributed by atoms with Crippen LogP contribution in [0.1, 0.15) is 18.2 Å². The van der Waals surface area contributed by atoms with Crippen LogP contribution in [0, 0.1) is 0 Å². The quantitative estimate of drug-likeness (QED) is 0.816. The number of aryl methyl sites for hydroxylation is 2. The van der Waals surface area contributed by atoms with Gasteiger partial charge in [0.05, 0.1) is 12.0 Å². The van der Waals surface area contributed by atoms with E-state index >= 15 is 0 Å². The maximum Gasteiger partial charge on any atom is 0.254 e. The first-order valence-electron chi connectivity index (χ1n) is 8.15. The van der Waals surface area contributed by atoms with Gasteiger partial charge in [-0.05, 0) is 18.6 Å². The summed E-state index contributed by atoms with van der Waals surface area (Å²) in [5.74, 6) is 0.370. The summed E-state index contributed by atoms with van der Waals surface area (Å²) in [6.07, 6.45) is 10.0. The number of carbonyl (C=O) groups excluding carboxylic acids is 2. The Bertz CT molecular complexity index is 803. The molecule has 0 spiro atoms. The summed E-state index contributed by atoms with van der Waals surface area (Å²) in [6, 6.07) is 2.00. The van der Waals surface area contributed by atoms with Gasteiger partial charge in [-0.1, -0.05) is 0 Å². The lowest BCUT2D eigenvalue weighted by atomic mass is 9.87. The molecule has 1 aliphatic heterocycles. The van der Waals surface area contributed by atoms with Crippen LogP contribution in [-0.2, 0) is 36.5 Å². The molecule has 1 fully saturated rings. The number of hydrogen-bond donors (Lipinski definition) is 1. The van der Waals surface area contributed by atoms with Crippen molar-refractivity contribution in [2.45, 2.75) is 25.3 Å². The number of nitrogens with zero attached hydrogens (tertiary/aromatic N) is 4. The largest absolute Gasteiger partial charge is 0.357 e. The van der Waals surface area contributed by atoms with E-state index in [1.807, 2.05) is 47.9 Å². The van der Waals surface area contributed by atoms with E-state index in [1.165, 1.54) is 17.9 Å². The molecular formula is C18H23N5O2. The molecule has 2 aromatic heterocycles. The Morgan fingerprint density at radius 3 is 2.56 bits per heavy atom. The smallest absolute Gasteiger partial charge is 0.254 e. The third kappa shape index (κ3) is 3.35. The fourth-order valence-corrected chi connectivity index (χ4v) is 3.32. The van der Waals surface area contributed by atoms with Crippen LogP contribution in [0.4, 0.5) is 0 Å². The van der Waals surface area contributed by atoms with Crippen molar-refractivity contribution in [3.63, 3.8) is 0 Å². The van der Waals surface area contributed by atoms with Crippen LogP contribution in [0.5, 0.6) is 0 Å². The van der Waals surface area contributed by atoms with Gasteiger partial charge in [0.1, 0.15) is 11.4 Å². The third-order valence-electron chi connectivity index (χ3n) is 4.42. The lowest BCUT2D eigenvalue weighted by molar-refractivity contribution is -0.130. The Morgan fingerprint density at radius 2 is 2.00 bits per heavy atom. The van der Waals surface area contributed by atoms with Gasteiger partial charge in [-0.15, -0.1) is 0 Å². The van der Waals surface area contributed by atoms with E-state index in [4.69, 9.17) is 0 Å². The average molecular weight is 341 g/mol. The molecule has 7 heteroatoms. The third-order valence-corrected chi connectivity index (χ3v) is 4.42. The maximum atomic E-state index is 13.1. The van der Waals surface area contributed by atoms with Gasteiger partial charge in [0.15, 0.2) is 5.78 Å². The zero-order chi connectivity index (χ0) is 18.2. The monoisotopic (exact) mass is 341 g/mol. The van der Waals surface area contributed by atoms with Crippen molar-refractivity contribution in [2.75, 3.05) is 7.05 Å². The lowest BCUT2D eigenvalue weighted by Gasteiger charge is -2.26. The summed E-state index contributed by atoms with van der Waals surface area (Å²) < 4.78 is 3.82. The topological polar surface area (TPSA) is 72.2 Å². The minimum Gasteiger partial charge on any atom is -0.357 e. The fourth-order valence-electron chi connectivity index (χ4n) is 3.32. The standard InChI is InChI=1S/C18H23N5O2/c1-13(24)7-16-20-18(17(25)23(16)4,8-14-5-6-21(2)10-14)9-15-11-22(3)12-19-15/h5-7,10-12,20H,8-9H2,1-4H3/b16-7+. The molecule has 1 aliphatic rings. The number of imidazole rings is 1. The van der Waals surface area contributed by atoms with Crippen LogP contribution in [0.2, 0.25) is 0 Å². The molecule has 1 atom stereocenters. The number of rotatable bonds is 5. The average Bonchev–Trinajstić information content (AvgIpc) is 3.17. The Labute approximate surface area is 146 Å². The molecule has 3 rings (SSSR count). The van der Waals surface area contributed by atoms with Crippen molar-refractivity contribution in [2.24, 2.45) is 14.1 Å². The van der Waals surface area contributed by atoms with Crippen molar-refractivity contribution in [1.82, 2.24) is 24.3 Å². The van der Waals surface area contributed by atoms with Gasteiger partial charge in [0.25, 0.3) is 5.91 Å². The zero-order valence-electron chi connectivity index (χ0n) is 15.0. The number of amides is 1. The molecule has 2 aromatic rings. The summed E-state index contributed by atoms with van der Waals surface area (Å²) >= 11 is 0. The van der Waals surface area contributed by atoms with Gasteiger partial charge < -0.3 is 14.5 Å². The highest BCUT2D eigenvalue weighted by Gasteiger charge is 2.48. The van der Waals surface area contributed by atoms with Gasteiger partial charge in [-0.25, -0.2) is 4.98 Å². The zero-order valence-corrected chi connectivity index (χ0v) is 15.0. The van der Waals surface area contributed by atoms with E-state index < -0.39 is 5.54 Å². The van der Waals surface area contributed by atoms with Crippen molar-refractivity contribution >= 4 is 11.7 Å². The highest BCUT2D eigenvalue weighted by Crippen LogP contribution is 2.29. The Kier molecular flexibility index (Phi) is 4.24. The number of aromatic nitrogens is 3. The first-order valence-corrected chi connectivity index (χ1v) is 8.15. The number of likely N-dealkylation sites (N-methyl/N-ethyl adjacent to an activating group) is 1. The molecule has 1 amide bonds. The summed E-state index contributed by atoms with van der Waals surface area (Å²) in [4.78, 5) is 30.5. The fraction of sp³-hybridized carbons (Fsp3) is 0.389. The van der Waals surface area contributed by atoms with E-state index in [2.05, 4.69) is 10.3 Å². The highest BCUT2D eigenvalue weighted by molar-refractivity contribution is 5.94. The number of allylic oxidation sites excluding steroid dienone is 1. The predicted octanol–water partition coefficient (Wildman–Crippen LogP) is 0.775. The summed E-state index contributed by atoms with van der Waals surface area (Å²) in [5, 5.41) is 3.31. The van der Waals surface area contributed by atoms with Crippen LogP contribution >= 0.6 is 0 Å². The summed E-state index contributed by atoms with van der Waals surface area (Å²) in [7, 11) is 5.54. The molecule has 1 N–H and O–H groups in total. The minimum absolute atomic E-state index is 0.0606. The second kappa shape index (κ2) is 6.23. The van der Waals surface area contributed by atoms with E-state index in [0.717, 1.165) is 11.3 Å². The number of nitrogens with one attached hydrogen (secondary N) is 1. The molecule has 0 aliphatic carbocycles. The van der Waals surface area contributed by atoms with E-state index in [0.29, 0.717) is 18.7 Å². The molecule has 3 heterocycles. The molecular weight excluding hydrogens is 318 g/mol. The van der Waals surface area contributed by atoms with E-state index in [-0.39, 0.29) is 11.7 Å². The second-order valence-electron chi connectivity index (χ2n) is 6.78. The van der Waals surface area contributed by atoms with Crippen LogP contribution < -0.4 is 5.32 Å². The molecule has 0 bridgehead atoms. The predicted molar refractivity (Wildman–Crippen MR) is 93.4 cm³/mol. The molecule has 1 saturated heterocycles. The second-order valence-corrected chi connectivity index (χ2v) is 6.78. The van der Waals surface area contributed by atoms with Crippen LogP contribution in [0.3, 0.4) is 0 Å². The van der Waals surface area contributed by atoms with Gasteiger partial charge >= 0.3 is 0 Å². The summed E-state index contributed by atoms with van der Waals surface area (Å²) in [5.41, 5.74) is 1.03. The highest BCUT2D eigenvalue weighted by atomic mass is 16.2. The van der Waals surface area contributed by atoms with Crippen LogP contribution in [0.25, 0.3) is 0 Å². The van der Waals surface area contributed by atoms with Crippen LogP contribution in [0.15, 0.2) is 42.9 Å². The summed E-state index contributed by atoms with van der Waals surface area (Å²) in [6.45, 7) is 1.48. The lowest BCUT2D eigenvalue weighted by Crippen LogP contribution is -2.50. The first kappa shape index (κ1) is 17.0. The molecule has 132 valence electrons. The van der Waals surface area contributed by atoms with Crippen molar-refractivity contribution in [3.8, 4) is 0 Å². The normalized spacial score (nSPS) is 21.8. The number of carbonyl (C=O) groups is 2. The Hall–Kier alpha value is -2.83. The Morgan fingerprint density at radius 1 is 1.24 bits per heavy atom. The molecule has 0 aromatic carbocycles. The van der Waals surface area contributed by atoms with Crippen molar-refractivity contribution in [1.29, 1.82) is 0 Å². The van der Waals surface area contributed by atoms with Crippen molar-refractivity contribution in [3.05, 3.63) is 54.1 Å². The minimum atomic E-state index is -0.855. The van der Waals surface area contributed by atoms with Gasteiger partial charge in [-0.3, -0.25) is 14.5 Å². The molecule has 0 saturated carbocycles. The molecule has 1 unspecified atom stereocenters. The maximum absolute atomic E-state index is 13.1.